The van der Waals surface area contributed by atoms with Crippen LogP contribution in [0.3, 0.4) is 0 Å². The summed E-state index contributed by atoms with van der Waals surface area (Å²) >= 11 is 0. The fraction of sp³-hybridized carbons (Fsp3) is 0.714. The Bertz CT molecular complexity index is 2150. The Kier molecular flexibility index (Phi) is 11.2. The minimum Gasteiger partial charge on any atom is -0.497 e. The molecular formula is C42H56F2N6O9S. The van der Waals surface area contributed by atoms with Gasteiger partial charge in [0, 0.05) is 18.4 Å². The van der Waals surface area contributed by atoms with Crippen LogP contribution in [0.15, 0.2) is 18.2 Å². The molecule has 0 unspecified atom stereocenters. The normalized spacial score (nSPS) is 33.3. The number of halogens is 2. The average molecular weight is 859 g/mol. The SMILES string of the molecule is COc1ccc2nc3c(nc2c1)O[C@H]1CN(C(=O)[C@H](C(C)(C)C)NC(=O)O[C@@H]2C[C@@H]4C[C@@H]4[C@H]2CCCCC3)[C@H](C(=O)N[C@]2(C(=O)NS(=O)(=O)C3CC3)C[C@H]2CC(F)F)[C@@H]1C. The van der Waals surface area contributed by atoms with Gasteiger partial charge in [-0.3, -0.25) is 19.1 Å². The average Bonchev–Trinajstić information content (AvgIpc) is 4.12. The van der Waals surface area contributed by atoms with Gasteiger partial charge in [-0.05, 0) is 92.6 Å². The van der Waals surface area contributed by atoms with E-state index < -0.39 is 92.9 Å². The van der Waals surface area contributed by atoms with Crippen molar-refractivity contribution in [2.75, 3.05) is 13.7 Å². The van der Waals surface area contributed by atoms with Crippen LogP contribution in [0.5, 0.6) is 11.6 Å². The third-order valence-electron chi connectivity index (χ3n) is 13.7. The standard InChI is InChI=1S/C42H56F2N6O9S/c1-21-32-20-50(34(21)36(51)48-42(19-23(42)17-33(43)44)39(53)49-60(55,56)25-12-13-25)38(52)35(41(2,3)4)47-40(54)59-31-16-22-15-27(22)26(31)9-7-6-8-10-29-37(58-32)46-30-18-24(57-5)11-14-28(30)45-29/h11,14,18,21-23,25-27,31-35H,6-10,12-13,15-17,19-20H2,1-5H3,(H,47,54)(H,48,51)(H,49,53)/t21-,22+,23-,26-,27+,31-,32+,34+,35-,42-/m1/s1. The second-order valence-corrected chi connectivity index (χ2v) is 21.0. The lowest BCUT2D eigenvalue weighted by molar-refractivity contribution is -0.143. The molecule has 4 amide bonds. The molecule has 0 spiro atoms. The number of methoxy groups -OCH3 is 1. The Balaban J connectivity index is 1.15. The quantitative estimate of drug-likeness (QED) is 0.335. The van der Waals surface area contributed by atoms with Crippen LogP contribution in [0.4, 0.5) is 13.6 Å². The predicted molar refractivity (Wildman–Crippen MR) is 213 cm³/mol. The zero-order valence-corrected chi connectivity index (χ0v) is 35.6. The molecule has 18 heteroatoms. The zero-order chi connectivity index (χ0) is 42.9. The largest absolute Gasteiger partial charge is 0.497 e. The summed E-state index contributed by atoms with van der Waals surface area (Å²) in [4.78, 5) is 68.2. The van der Waals surface area contributed by atoms with Crippen LogP contribution >= 0.6 is 0 Å². The van der Waals surface area contributed by atoms with E-state index in [9.17, 15) is 36.4 Å². The number of alkyl halides is 2. The fourth-order valence-corrected chi connectivity index (χ4v) is 11.3. The first kappa shape index (κ1) is 42.3. The maximum Gasteiger partial charge on any atom is 0.408 e. The highest BCUT2D eigenvalue weighted by molar-refractivity contribution is 7.91. The van der Waals surface area contributed by atoms with E-state index in [1.54, 1.807) is 46.9 Å². The van der Waals surface area contributed by atoms with E-state index in [1.165, 1.54) is 4.90 Å². The molecule has 5 fully saturated rings. The van der Waals surface area contributed by atoms with Gasteiger partial charge in [0.05, 0.1) is 29.9 Å². The lowest BCUT2D eigenvalue weighted by Crippen LogP contribution is -2.61. The van der Waals surface area contributed by atoms with Crippen LogP contribution in [0.2, 0.25) is 0 Å². The lowest BCUT2D eigenvalue weighted by atomic mass is 9.85. The summed E-state index contributed by atoms with van der Waals surface area (Å²) in [6, 6.07) is 2.83. The van der Waals surface area contributed by atoms with Crippen LogP contribution in [-0.4, -0.2) is 102 Å². The van der Waals surface area contributed by atoms with Crippen LogP contribution < -0.4 is 24.8 Å². The van der Waals surface area contributed by atoms with Gasteiger partial charge in [0.15, 0.2) is 0 Å². The minimum absolute atomic E-state index is 0.150. The number of nitrogens with one attached hydrogen (secondary N) is 3. The molecule has 2 aromatic rings. The molecule has 15 nitrogen and oxygen atoms in total. The van der Waals surface area contributed by atoms with Gasteiger partial charge in [0.25, 0.3) is 5.91 Å². The summed E-state index contributed by atoms with van der Waals surface area (Å²) in [5.74, 6) is -2.36. The van der Waals surface area contributed by atoms with E-state index in [4.69, 9.17) is 24.2 Å². The van der Waals surface area contributed by atoms with Crippen molar-refractivity contribution in [1.82, 2.24) is 30.2 Å². The molecular weight excluding hydrogens is 803 g/mol. The van der Waals surface area contributed by atoms with E-state index >= 15 is 0 Å². The van der Waals surface area contributed by atoms with Crippen molar-refractivity contribution < 1.29 is 50.6 Å². The van der Waals surface area contributed by atoms with Crippen molar-refractivity contribution >= 4 is 44.9 Å². The second-order valence-electron chi connectivity index (χ2n) is 19.0. The molecule has 4 saturated carbocycles. The van der Waals surface area contributed by atoms with Crippen molar-refractivity contribution in [3.05, 3.63) is 23.9 Å². The number of aryl methyl sites for hydroxylation is 1. The number of carbonyl (C=O) groups excluding carboxylic acids is 4. The molecule has 8 rings (SSSR count). The number of benzene rings is 1. The molecule has 2 bridgehead atoms. The summed E-state index contributed by atoms with van der Waals surface area (Å²) in [5, 5.41) is 4.72. The second kappa shape index (κ2) is 15.8. The first-order valence-corrected chi connectivity index (χ1v) is 22.9. The third-order valence-corrected chi connectivity index (χ3v) is 15.5. The molecule has 2 aliphatic heterocycles. The van der Waals surface area contributed by atoms with E-state index in [0.717, 1.165) is 38.5 Å². The Morgan fingerprint density at radius 2 is 1.80 bits per heavy atom. The molecule has 1 saturated heterocycles. The van der Waals surface area contributed by atoms with Crippen molar-refractivity contribution in [2.45, 2.75) is 140 Å². The first-order chi connectivity index (χ1) is 28.4. The smallest absolute Gasteiger partial charge is 0.408 e. The van der Waals surface area contributed by atoms with Gasteiger partial charge in [-0.2, -0.15) is 0 Å². The number of ether oxygens (including phenoxy) is 3. The van der Waals surface area contributed by atoms with Crippen LogP contribution in [-0.2, 0) is 35.6 Å². The van der Waals surface area contributed by atoms with E-state index in [1.807, 2.05) is 10.8 Å². The van der Waals surface area contributed by atoms with E-state index in [0.29, 0.717) is 53.6 Å². The Hall–Kier alpha value is -4.35. The maximum atomic E-state index is 14.9. The highest BCUT2D eigenvalue weighted by atomic mass is 32.2. The van der Waals surface area contributed by atoms with Crippen molar-refractivity contribution in [1.29, 1.82) is 0 Å². The molecule has 1 aromatic carbocycles. The van der Waals surface area contributed by atoms with Crippen LogP contribution in [0, 0.1) is 35.0 Å². The number of carbonyl (C=O) groups is 4. The zero-order valence-electron chi connectivity index (χ0n) is 34.7. The minimum atomic E-state index is -4.09. The monoisotopic (exact) mass is 858 g/mol. The molecule has 4 aliphatic carbocycles. The van der Waals surface area contributed by atoms with Gasteiger partial charge in [-0.25, -0.2) is 32.0 Å². The molecule has 3 heterocycles. The van der Waals surface area contributed by atoms with Crippen LogP contribution in [0.25, 0.3) is 11.0 Å². The van der Waals surface area contributed by atoms with Gasteiger partial charge < -0.3 is 29.7 Å². The maximum absolute atomic E-state index is 14.9. The van der Waals surface area contributed by atoms with Crippen molar-refractivity contribution in [3.8, 4) is 11.6 Å². The lowest BCUT2D eigenvalue weighted by Gasteiger charge is -2.36. The van der Waals surface area contributed by atoms with Gasteiger partial charge >= 0.3 is 6.09 Å². The number of aromatic nitrogens is 2. The highest BCUT2D eigenvalue weighted by Gasteiger charge is 2.64. The topological polar surface area (TPSA) is 195 Å². The molecule has 6 aliphatic rings. The number of amides is 4. The summed E-state index contributed by atoms with van der Waals surface area (Å²) < 4.78 is 73.5. The number of hydrogen-bond acceptors (Lipinski definition) is 11. The molecule has 0 radical (unpaired) electrons. The van der Waals surface area contributed by atoms with Gasteiger partial charge in [0.1, 0.15) is 41.3 Å². The highest BCUT2D eigenvalue weighted by Crippen LogP contribution is 2.58. The first-order valence-electron chi connectivity index (χ1n) is 21.3. The van der Waals surface area contributed by atoms with Crippen LogP contribution in [0.1, 0.15) is 97.6 Å². The van der Waals surface area contributed by atoms with Gasteiger partial charge in [0.2, 0.25) is 34.1 Å². The summed E-state index contributed by atoms with van der Waals surface area (Å²) in [7, 11) is -2.54. The number of sulfonamides is 1. The predicted octanol–water partition coefficient (Wildman–Crippen LogP) is 4.65. The number of nitrogens with zero attached hydrogens (tertiary/aromatic N) is 3. The molecule has 328 valence electrons. The van der Waals surface area contributed by atoms with Crippen molar-refractivity contribution in [2.24, 2.45) is 35.0 Å². The van der Waals surface area contributed by atoms with Gasteiger partial charge in [-0.1, -0.05) is 40.5 Å². The summed E-state index contributed by atoms with van der Waals surface area (Å²) in [5.41, 5.74) is -1.08. The van der Waals surface area contributed by atoms with Gasteiger partial charge in [-0.15, -0.1) is 0 Å². The Labute approximate surface area is 348 Å². The molecule has 3 N–H and O–H groups in total. The Morgan fingerprint density at radius 1 is 1.03 bits per heavy atom. The molecule has 10 atom stereocenters. The third kappa shape index (κ3) is 8.45. The van der Waals surface area contributed by atoms with E-state index in [-0.39, 0.29) is 30.9 Å². The Morgan fingerprint density at radius 3 is 2.50 bits per heavy atom. The molecule has 1 aromatic heterocycles. The number of rotatable bonds is 8. The van der Waals surface area contributed by atoms with Crippen molar-refractivity contribution in [3.63, 3.8) is 0 Å². The van der Waals surface area contributed by atoms with E-state index in [2.05, 4.69) is 10.6 Å². The number of fused-ring (bicyclic) bond motifs is 7. The fourth-order valence-electron chi connectivity index (χ4n) is 9.89. The molecule has 60 heavy (non-hydrogen) atoms. The number of alkyl carbamates (subject to hydrolysis) is 1. The summed E-state index contributed by atoms with van der Waals surface area (Å²) in [6.07, 6.45) is 0.986. The summed E-state index contributed by atoms with van der Waals surface area (Å²) in [6.45, 7) is 6.89. The number of hydrogen-bond donors (Lipinski definition) is 3.